The summed E-state index contributed by atoms with van der Waals surface area (Å²) in [6.45, 7) is 4.70. The Morgan fingerprint density at radius 2 is 1.85 bits per heavy atom. The molecule has 0 amide bonds. The third kappa shape index (κ3) is 6.51. The fourth-order valence-corrected chi connectivity index (χ4v) is 5.46. The van der Waals surface area contributed by atoms with Crippen LogP contribution >= 0.6 is 11.3 Å². The quantitative estimate of drug-likeness (QED) is 0.241. The molecule has 4 rings (SSSR count). The van der Waals surface area contributed by atoms with Gasteiger partial charge in [-0.25, -0.2) is 14.2 Å². The lowest BCUT2D eigenvalue weighted by Gasteiger charge is -2.25. The van der Waals surface area contributed by atoms with Crippen molar-refractivity contribution >= 4 is 23.4 Å². The summed E-state index contributed by atoms with van der Waals surface area (Å²) in [5.74, 6) is 0.118. The zero-order valence-corrected chi connectivity index (χ0v) is 23.9. The molecule has 0 bridgehead atoms. The lowest BCUT2D eigenvalue weighted by molar-refractivity contribution is -0.140. The highest BCUT2D eigenvalue weighted by Gasteiger charge is 2.34. The van der Waals surface area contributed by atoms with Crippen LogP contribution in [0, 0.1) is 5.82 Å². The van der Waals surface area contributed by atoms with E-state index in [2.05, 4.69) is 11.9 Å². The van der Waals surface area contributed by atoms with E-state index >= 15 is 0 Å². The van der Waals surface area contributed by atoms with Crippen LogP contribution in [0.4, 0.5) is 4.39 Å². The lowest BCUT2D eigenvalue weighted by atomic mass is 9.95. The topological polar surface area (TPSA) is 88.4 Å². The predicted molar refractivity (Wildman–Crippen MR) is 151 cm³/mol. The lowest BCUT2D eigenvalue weighted by Crippen LogP contribution is -2.40. The normalized spacial score (nSPS) is 15.0. The minimum absolute atomic E-state index is 0.0572. The van der Waals surface area contributed by atoms with Crippen molar-refractivity contribution in [3.05, 3.63) is 90.4 Å². The number of aromatic nitrogens is 1. The first kappa shape index (κ1) is 29.2. The molecule has 2 heterocycles. The van der Waals surface area contributed by atoms with Crippen molar-refractivity contribution in [1.29, 1.82) is 0 Å². The zero-order valence-electron chi connectivity index (χ0n) is 23.1. The van der Waals surface area contributed by atoms with Gasteiger partial charge >= 0.3 is 5.97 Å². The van der Waals surface area contributed by atoms with Gasteiger partial charge in [0.2, 0.25) is 0 Å². The van der Waals surface area contributed by atoms with Crippen LogP contribution in [0.25, 0.3) is 6.08 Å². The highest BCUT2D eigenvalue weighted by Crippen LogP contribution is 2.36. The number of thiazole rings is 1. The molecule has 0 spiro atoms. The standard InChI is InChI=1S/C30H33FN2O6S/c1-5-6-7-14-38-23-13-10-21(18-24(23)37-4)27-26(29(35)39-16-15-36-3)19(2)32-30-33(27)28(34)25(40-30)17-20-8-11-22(31)12-9-20/h8-13,17-18,27H,5-7,14-16H2,1-4H3/b25-17-. The number of allylic oxidation sites excluding steroid dienone is 1. The Kier molecular flexibility index (Phi) is 9.89. The van der Waals surface area contributed by atoms with Crippen molar-refractivity contribution in [2.75, 3.05) is 34.0 Å². The van der Waals surface area contributed by atoms with Crippen LogP contribution in [0.3, 0.4) is 0 Å². The molecule has 1 aliphatic heterocycles. The molecule has 0 saturated carbocycles. The average Bonchev–Trinajstić information content (AvgIpc) is 3.25. The number of fused-ring (bicyclic) bond motifs is 1. The second-order valence-electron chi connectivity index (χ2n) is 9.23. The summed E-state index contributed by atoms with van der Waals surface area (Å²) in [6.07, 6.45) is 4.75. The third-order valence-corrected chi connectivity index (χ3v) is 7.42. The van der Waals surface area contributed by atoms with Gasteiger partial charge in [0.25, 0.3) is 5.56 Å². The van der Waals surface area contributed by atoms with Gasteiger partial charge in [-0.05, 0) is 54.8 Å². The molecular formula is C30H33FN2O6S. The number of halogens is 1. The number of hydrogen-bond donors (Lipinski definition) is 0. The molecule has 10 heteroatoms. The summed E-state index contributed by atoms with van der Waals surface area (Å²) in [7, 11) is 3.07. The molecule has 1 unspecified atom stereocenters. The number of rotatable bonds is 12. The summed E-state index contributed by atoms with van der Waals surface area (Å²) in [5.41, 5.74) is 1.67. The molecule has 0 saturated heterocycles. The predicted octanol–water partition coefficient (Wildman–Crippen LogP) is 4.14. The first-order valence-electron chi connectivity index (χ1n) is 13.1. The molecule has 1 atom stereocenters. The number of ether oxygens (including phenoxy) is 4. The maximum atomic E-state index is 13.8. The van der Waals surface area contributed by atoms with Crippen molar-refractivity contribution in [2.24, 2.45) is 4.99 Å². The van der Waals surface area contributed by atoms with Gasteiger partial charge < -0.3 is 18.9 Å². The van der Waals surface area contributed by atoms with Crippen LogP contribution in [0.5, 0.6) is 11.5 Å². The largest absolute Gasteiger partial charge is 0.493 e. The molecule has 0 N–H and O–H groups in total. The number of carbonyl (C=O) groups is 1. The van der Waals surface area contributed by atoms with Crippen molar-refractivity contribution in [3.63, 3.8) is 0 Å². The maximum Gasteiger partial charge on any atom is 0.338 e. The first-order chi connectivity index (χ1) is 19.4. The third-order valence-electron chi connectivity index (χ3n) is 6.44. The molecule has 0 radical (unpaired) electrons. The molecule has 40 heavy (non-hydrogen) atoms. The number of benzene rings is 2. The molecule has 0 aliphatic carbocycles. The zero-order chi connectivity index (χ0) is 28.6. The summed E-state index contributed by atoms with van der Waals surface area (Å²) in [6, 6.07) is 10.4. The van der Waals surface area contributed by atoms with Crippen molar-refractivity contribution in [1.82, 2.24) is 4.57 Å². The smallest absolute Gasteiger partial charge is 0.338 e. The Balaban J connectivity index is 1.83. The summed E-state index contributed by atoms with van der Waals surface area (Å²) < 4.78 is 37.4. The highest BCUT2D eigenvalue weighted by molar-refractivity contribution is 7.07. The van der Waals surface area contributed by atoms with E-state index in [4.69, 9.17) is 18.9 Å². The van der Waals surface area contributed by atoms with Gasteiger partial charge in [-0.15, -0.1) is 0 Å². The molecule has 212 valence electrons. The molecule has 1 aliphatic rings. The summed E-state index contributed by atoms with van der Waals surface area (Å²) in [4.78, 5) is 32.2. The minimum Gasteiger partial charge on any atom is -0.493 e. The van der Waals surface area contributed by atoms with Crippen LogP contribution in [0.1, 0.15) is 50.3 Å². The Labute approximate surface area is 236 Å². The van der Waals surface area contributed by atoms with Gasteiger partial charge in [0.05, 0.1) is 42.2 Å². The fourth-order valence-electron chi connectivity index (χ4n) is 4.41. The second-order valence-corrected chi connectivity index (χ2v) is 10.2. The number of methoxy groups -OCH3 is 2. The average molecular weight is 569 g/mol. The Bertz CT molecular complexity index is 1560. The Hall–Kier alpha value is -3.76. The second kappa shape index (κ2) is 13.5. The van der Waals surface area contributed by atoms with Gasteiger partial charge in [0.15, 0.2) is 16.3 Å². The molecule has 1 aromatic heterocycles. The molecule has 0 fully saturated rings. The van der Waals surface area contributed by atoms with Crippen LogP contribution < -0.4 is 24.4 Å². The number of esters is 1. The Morgan fingerprint density at radius 3 is 2.55 bits per heavy atom. The van der Waals surface area contributed by atoms with Gasteiger partial charge in [-0.3, -0.25) is 9.36 Å². The van der Waals surface area contributed by atoms with Crippen LogP contribution in [0.2, 0.25) is 0 Å². The van der Waals surface area contributed by atoms with Crippen molar-refractivity contribution in [2.45, 2.75) is 39.2 Å². The molecule has 3 aromatic rings. The van der Waals surface area contributed by atoms with E-state index in [1.807, 2.05) is 6.07 Å². The van der Waals surface area contributed by atoms with E-state index in [0.29, 0.717) is 44.3 Å². The van der Waals surface area contributed by atoms with Crippen molar-refractivity contribution in [3.8, 4) is 11.5 Å². The van der Waals surface area contributed by atoms with Crippen LogP contribution in [-0.2, 0) is 14.3 Å². The number of unbranched alkanes of at least 4 members (excludes halogenated alkanes) is 2. The first-order valence-corrected chi connectivity index (χ1v) is 13.9. The van der Waals surface area contributed by atoms with Gasteiger partial charge in [-0.1, -0.05) is 49.3 Å². The van der Waals surface area contributed by atoms with Crippen molar-refractivity contribution < 1.29 is 28.1 Å². The monoisotopic (exact) mass is 568 g/mol. The van der Waals surface area contributed by atoms with E-state index in [1.165, 1.54) is 35.1 Å². The maximum absolute atomic E-state index is 13.8. The van der Waals surface area contributed by atoms with E-state index in [9.17, 15) is 14.0 Å². The Morgan fingerprint density at radius 1 is 1.07 bits per heavy atom. The SMILES string of the molecule is CCCCCOc1ccc(C2C(C(=O)OCCOC)=C(C)N=c3s/c(=C\c4ccc(F)cc4)c(=O)n32)cc1OC. The number of nitrogens with zero attached hydrogens (tertiary/aromatic N) is 2. The van der Waals surface area contributed by atoms with Crippen LogP contribution in [-0.4, -0.2) is 44.6 Å². The number of carbonyl (C=O) groups excluding carboxylic acids is 1. The summed E-state index contributed by atoms with van der Waals surface area (Å²) >= 11 is 1.20. The van der Waals surface area contributed by atoms with Gasteiger partial charge in [-0.2, -0.15) is 0 Å². The molecule has 2 aromatic carbocycles. The van der Waals surface area contributed by atoms with Gasteiger partial charge in [0.1, 0.15) is 12.4 Å². The van der Waals surface area contributed by atoms with E-state index in [-0.39, 0.29) is 30.2 Å². The molecular weight excluding hydrogens is 535 g/mol. The van der Waals surface area contributed by atoms with E-state index in [1.54, 1.807) is 44.4 Å². The van der Waals surface area contributed by atoms with Gasteiger partial charge in [0, 0.05) is 7.11 Å². The van der Waals surface area contributed by atoms with E-state index in [0.717, 1.165) is 19.3 Å². The summed E-state index contributed by atoms with van der Waals surface area (Å²) in [5, 5.41) is 0. The fraction of sp³-hybridized carbons (Fsp3) is 0.367. The van der Waals surface area contributed by atoms with E-state index < -0.39 is 12.0 Å². The molecule has 8 nitrogen and oxygen atoms in total. The van der Waals surface area contributed by atoms with Crippen LogP contribution in [0.15, 0.2) is 63.5 Å². The number of hydrogen-bond acceptors (Lipinski definition) is 8. The minimum atomic E-state index is -0.815. The highest BCUT2D eigenvalue weighted by atomic mass is 32.1.